The minimum atomic E-state index is -0.872. The van der Waals surface area contributed by atoms with Gasteiger partial charge >= 0.3 is 12.0 Å². The van der Waals surface area contributed by atoms with Crippen molar-refractivity contribution in [3.8, 4) is 0 Å². The van der Waals surface area contributed by atoms with E-state index in [1.165, 1.54) is 48.8 Å². The molecule has 2 amide bonds. The number of fused-ring (bicyclic) bond motifs is 7. The van der Waals surface area contributed by atoms with Gasteiger partial charge in [0.25, 0.3) is 0 Å². The quantitative estimate of drug-likeness (QED) is 0.287. The van der Waals surface area contributed by atoms with Gasteiger partial charge in [0.2, 0.25) is 0 Å². The summed E-state index contributed by atoms with van der Waals surface area (Å²) in [5.41, 5.74) is 4.68. The molecule has 0 unspecified atom stereocenters. The molecule has 0 heterocycles. The summed E-state index contributed by atoms with van der Waals surface area (Å²) in [7, 11) is 6.07. The number of rotatable bonds is 7. The van der Waals surface area contributed by atoms with Crippen LogP contribution in [0.2, 0.25) is 0 Å². The summed E-state index contributed by atoms with van der Waals surface area (Å²) in [4.78, 5) is 29.3. The van der Waals surface area contributed by atoms with Crippen LogP contribution in [0.1, 0.15) is 115 Å². The zero-order valence-corrected chi connectivity index (χ0v) is 31.4. The van der Waals surface area contributed by atoms with Crippen molar-refractivity contribution < 1.29 is 14.7 Å². The lowest BCUT2D eigenvalue weighted by atomic mass is 9.33. The van der Waals surface area contributed by atoms with E-state index in [0.717, 1.165) is 38.8 Å². The van der Waals surface area contributed by atoms with Gasteiger partial charge in [-0.15, -0.1) is 0 Å². The Bertz CT molecular complexity index is 1480. The van der Waals surface area contributed by atoms with Crippen LogP contribution >= 0.6 is 0 Å². The van der Waals surface area contributed by atoms with Gasteiger partial charge < -0.3 is 20.2 Å². The first-order valence-corrected chi connectivity index (χ1v) is 18.8. The smallest absolute Gasteiger partial charge is 0.335 e. The summed E-state index contributed by atoms with van der Waals surface area (Å²) in [6.45, 7) is 21.2. The largest absolute Gasteiger partial charge is 0.478 e. The highest BCUT2D eigenvalue weighted by molar-refractivity contribution is 5.88. The molecule has 48 heavy (non-hydrogen) atoms. The number of carbonyl (C=O) groups excluding carboxylic acids is 1. The van der Waals surface area contributed by atoms with Crippen LogP contribution in [-0.2, 0) is 0 Å². The van der Waals surface area contributed by atoms with Crippen molar-refractivity contribution in [1.29, 1.82) is 0 Å². The number of aromatic carboxylic acids is 1. The number of nitrogens with one attached hydrogen (secondary N) is 1. The predicted octanol–water partition coefficient (Wildman–Crippen LogP) is 8.99. The van der Waals surface area contributed by atoms with E-state index in [1.54, 1.807) is 12.1 Å². The minimum absolute atomic E-state index is 0.00205. The molecule has 0 radical (unpaired) electrons. The monoisotopic (exact) mass is 657 g/mol. The van der Waals surface area contributed by atoms with Crippen LogP contribution in [0.15, 0.2) is 42.5 Å². The number of urea groups is 1. The van der Waals surface area contributed by atoms with Crippen molar-refractivity contribution in [3.63, 3.8) is 0 Å². The average molecular weight is 658 g/mol. The summed E-state index contributed by atoms with van der Waals surface area (Å²) >= 11 is 0. The highest BCUT2D eigenvalue weighted by Gasteiger charge is 2.70. The maximum absolute atomic E-state index is 13.7. The van der Waals surface area contributed by atoms with Crippen LogP contribution in [0.3, 0.4) is 0 Å². The number of amides is 2. The highest BCUT2D eigenvalue weighted by atomic mass is 16.4. The number of nitrogens with zero attached hydrogens (tertiary/aromatic N) is 2. The molecule has 4 fully saturated rings. The third kappa shape index (κ3) is 5.21. The van der Waals surface area contributed by atoms with Crippen LogP contribution in [0, 0.1) is 51.2 Å². The normalized spacial score (nSPS) is 39.7. The first kappa shape index (κ1) is 35.2. The molecule has 4 saturated carbocycles. The lowest BCUT2D eigenvalue weighted by molar-refractivity contribution is -0.218. The molecule has 0 aromatic heterocycles. The van der Waals surface area contributed by atoms with Crippen molar-refractivity contribution in [2.45, 2.75) is 105 Å². The summed E-state index contributed by atoms with van der Waals surface area (Å²) in [6.07, 6.45) is 13.0. The van der Waals surface area contributed by atoms with E-state index in [1.807, 2.05) is 24.1 Å². The van der Waals surface area contributed by atoms with E-state index in [-0.39, 0.29) is 33.2 Å². The molecular formula is C42H63N3O3. The highest BCUT2D eigenvalue weighted by Crippen LogP contribution is 2.76. The molecule has 0 saturated heterocycles. The molecule has 5 aliphatic rings. The van der Waals surface area contributed by atoms with Crippen molar-refractivity contribution in [2.75, 3.05) is 34.2 Å². The predicted molar refractivity (Wildman–Crippen MR) is 196 cm³/mol. The third-order valence-electron chi connectivity index (χ3n) is 15.7. The second kappa shape index (κ2) is 12.0. The number of carbonyl (C=O) groups is 2. The van der Waals surface area contributed by atoms with Gasteiger partial charge in [0.15, 0.2) is 0 Å². The van der Waals surface area contributed by atoms with Gasteiger partial charge in [-0.25, -0.2) is 9.59 Å². The fraction of sp³-hybridized carbons (Fsp3) is 0.714. The number of benzene rings is 1. The van der Waals surface area contributed by atoms with Gasteiger partial charge in [-0.3, -0.25) is 0 Å². The maximum Gasteiger partial charge on any atom is 0.335 e. The molecule has 6 heteroatoms. The number of carboxylic acid groups (broad SMARTS) is 1. The molecule has 1 aromatic rings. The first-order valence-electron chi connectivity index (χ1n) is 18.8. The molecule has 0 bridgehead atoms. The van der Waals surface area contributed by atoms with Gasteiger partial charge in [-0.1, -0.05) is 65.0 Å². The topological polar surface area (TPSA) is 72.9 Å². The second-order valence-corrected chi connectivity index (χ2v) is 18.4. The van der Waals surface area contributed by atoms with Crippen molar-refractivity contribution >= 4 is 17.6 Å². The van der Waals surface area contributed by atoms with Gasteiger partial charge in [0, 0.05) is 25.7 Å². The fourth-order valence-corrected chi connectivity index (χ4v) is 13.0. The standard InChI is InChI=1S/C42H63N3O3/c1-27(2)30-17-22-42(43-37(48)45(10)26-25-44(8)9)24-23-40(6)32(35(30)42)15-16-34-39(5)20-18-31(28-11-13-29(14-12-28)36(46)47)38(3,4)33(39)19-21-41(34,40)7/h11-14,18,30,32-35H,1,15-17,19-26H2,2-10H3,(H,43,48)(H,46,47)/t30-,32+,33-,34+,35+,39-,40+,41+,42-/m0/s1. The van der Waals surface area contributed by atoms with Crippen LogP contribution in [0.4, 0.5) is 4.79 Å². The average Bonchev–Trinajstić information content (AvgIpc) is 3.39. The lowest BCUT2D eigenvalue weighted by Crippen LogP contribution is -2.68. The number of allylic oxidation sites excluding steroid dienone is 3. The first-order chi connectivity index (χ1) is 22.4. The SMILES string of the molecule is C=C(C)[C@@H]1CC[C@]2(NC(=O)N(C)CCN(C)C)CC[C@]3(C)[C@H](CC[C@@H]4[C@@]5(C)CC=C(c6ccc(C(=O)O)cc6)C(C)(C)[C@@H]5CC[C@]43C)[C@@H]12. The molecule has 1 aromatic carbocycles. The van der Waals surface area contributed by atoms with Crippen LogP contribution in [-0.4, -0.2) is 66.7 Å². The van der Waals surface area contributed by atoms with Crippen molar-refractivity contribution in [1.82, 2.24) is 15.1 Å². The number of hydrogen-bond acceptors (Lipinski definition) is 3. The molecule has 6 rings (SSSR count). The molecule has 2 N–H and O–H groups in total. The van der Waals surface area contributed by atoms with E-state index in [2.05, 4.69) is 78.5 Å². The molecule has 9 atom stereocenters. The second-order valence-electron chi connectivity index (χ2n) is 18.4. The Morgan fingerprint density at radius 3 is 2.19 bits per heavy atom. The summed E-state index contributed by atoms with van der Waals surface area (Å²) < 4.78 is 0. The third-order valence-corrected chi connectivity index (χ3v) is 15.7. The van der Waals surface area contributed by atoms with E-state index < -0.39 is 5.97 Å². The zero-order chi connectivity index (χ0) is 35.0. The lowest BCUT2D eigenvalue weighted by Gasteiger charge is -2.72. The van der Waals surface area contributed by atoms with E-state index >= 15 is 0 Å². The van der Waals surface area contributed by atoms with Crippen molar-refractivity contribution in [3.05, 3.63) is 53.6 Å². The van der Waals surface area contributed by atoms with Gasteiger partial charge in [-0.2, -0.15) is 0 Å². The summed E-state index contributed by atoms with van der Waals surface area (Å²) in [6, 6.07) is 7.65. The van der Waals surface area contributed by atoms with E-state index in [0.29, 0.717) is 35.2 Å². The summed E-state index contributed by atoms with van der Waals surface area (Å²) in [5, 5.41) is 13.2. The molecular weight excluding hydrogens is 594 g/mol. The van der Waals surface area contributed by atoms with Crippen LogP contribution in [0.25, 0.3) is 5.57 Å². The van der Waals surface area contributed by atoms with Gasteiger partial charge in [0.1, 0.15) is 0 Å². The molecule has 0 spiro atoms. The molecule has 0 aliphatic heterocycles. The Morgan fingerprint density at radius 2 is 1.56 bits per heavy atom. The van der Waals surface area contributed by atoms with Crippen LogP contribution < -0.4 is 5.32 Å². The maximum atomic E-state index is 13.7. The Hall–Kier alpha value is -2.60. The Kier molecular flexibility index (Phi) is 8.83. The Balaban J connectivity index is 1.31. The Labute approximate surface area is 290 Å². The van der Waals surface area contributed by atoms with Crippen molar-refractivity contribution in [2.24, 2.45) is 51.2 Å². The van der Waals surface area contributed by atoms with Gasteiger partial charge in [-0.05, 0) is 153 Å². The molecule has 264 valence electrons. The zero-order valence-electron chi connectivity index (χ0n) is 31.4. The Morgan fingerprint density at radius 1 is 0.875 bits per heavy atom. The fourth-order valence-electron chi connectivity index (χ4n) is 13.0. The molecule has 5 aliphatic carbocycles. The number of carboxylic acids is 1. The number of hydrogen-bond donors (Lipinski definition) is 2. The van der Waals surface area contributed by atoms with E-state index in [9.17, 15) is 14.7 Å². The minimum Gasteiger partial charge on any atom is -0.478 e. The number of likely N-dealkylation sites (N-methyl/N-ethyl adjacent to an activating group) is 2. The van der Waals surface area contributed by atoms with Gasteiger partial charge in [0.05, 0.1) is 5.56 Å². The molecule has 6 nitrogen and oxygen atoms in total. The van der Waals surface area contributed by atoms with E-state index in [4.69, 9.17) is 0 Å². The summed E-state index contributed by atoms with van der Waals surface area (Å²) in [5.74, 6) is 1.80. The van der Waals surface area contributed by atoms with Crippen LogP contribution in [0.5, 0.6) is 0 Å².